The van der Waals surface area contributed by atoms with Gasteiger partial charge in [0, 0.05) is 13.6 Å². The molecule has 0 aliphatic carbocycles. The van der Waals surface area contributed by atoms with Crippen molar-refractivity contribution in [2.45, 2.75) is 19.4 Å². The first-order chi connectivity index (χ1) is 11.6. The van der Waals surface area contributed by atoms with Crippen molar-refractivity contribution < 1.29 is 18.7 Å². The summed E-state index contributed by atoms with van der Waals surface area (Å²) >= 11 is 0. The lowest BCUT2D eigenvalue weighted by Crippen LogP contribution is -2.45. The SMILES string of the molecule is CC(NC(=O)c1ccoc1)C(=O)N(C)CCCOc1ccccc1. The molecule has 0 spiro atoms. The van der Waals surface area contributed by atoms with Gasteiger partial charge in [-0.3, -0.25) is 9.59 Å². The Morgan fingerprint density at radius 1 is 1.25 bits per heavy atom. The first-order valence-corrected chi connectivity index (χ1v) is 7.84. The molecule has 1 atom stereocenters. The van der Waals surface area contributed by atoms with Crippen LogP contribution in [0.25, 0.3) is 0 Å². The van der Waals surface area contributed by atoms with Crippen LogP contribution in [0.5, 0.6) is 5.75 Å². The first-order valence-electron chi connectivity index (χ1n) is 7.84. The van der Waals surface area contributed by atoms with Crippen LogP contribution in [0, 0.1) is 0 Å². The molecule has 0 radical (unpaired) electrons. The topological polar surface area (TPSA) is 71.8 Å². The molecule has 0 bridgehead atoms. The van der Waals surface area contributed by atoms with E-state index in [4.69, 9.17) is 9.15 Å². The highest BCUT2D eigenvalue weighted by molar-refractivity contribution is 5.97. The molecule has 0 saturated heterocycles. The molecule has 6 nitrogen and oxygen atoms in total. The van der Waals surface area contributed by atoms with E-state index in [-0.39, 0.29) is 11.8 Å². The number of carbonyl (C=O) groups is 2. The number of hydrogen-bond donors (Lipinski definition) is 1. The molecule has 0 aliphatic rings. The molecule has 2 amide bonds. The zero-order valence-electron chi connectivity index (χ0n) is 13.9. The Labute approximate surface area is 141 Å². The predicted octanol–water partition coefficient (Wildman–Crippen LogP) is 2.33. The molecule has 2 rings (SSSR count). The molecule has 1 heterocycles. The van der Waals surface area contributed by atoms with E-state index in [1.807, 2.05) is 30.3 Å². The number of amides is 2. The maximum Gasteiger partial charge on any atom is 0.255 e. The van der Waals surface area contributed by atoms with E-state index in [1.165, 1.54) is 12.5 Å². The largest absolute Gasteiger partial charge is 0.494 e. The van der Waals surface area contributed by atoms with Crippen molar-refractivity contribution in [3.05, 3.63) is 54.5 Å². The molecule has 24 heavy (non-hydrogen) atoms. The quantitative estimate of drug-likeness (QED) is 0.754. The van der Waals surface area contributed by atoms with Crippen LogP contribution in [-0.4, -0.2) is 43.0 Å². The van der Waals surface area contributed by atoms with Crippen molar-refractivity contribution in [3.63, 3.8) is 0 Å². The summed E-state index contributed by atoms with van der Waals surface area (Å²) in [5, 5.41) is 2.66. The van der Waals surface area contributed by atoms with E-state index in [0.29, 0.717) is 25.1 Å². The zero-order valence-corrected chi connectivity index (χ0v) is 13.9. The van der Waals surface area contributed by atoms with Crippen LogP contribution in [0.4, 0.5) is 0 Å². The number of para-hydroxylation sites is 1. The van der Waals surface area contributed by atoms with Crippen LogP contribution < -0.4 is 10.1 Å². The van der Waals surface area contributed by atoms with Crippen LogP contribution in [0.1, 0.15) is 23.7 Å². The van der Waals surface area contributed by atoms with E-state index in [0.717, 1.165) is 5.75 Å². The second kappa shape index (κ2) is 8.76. The van der Waals surface area contributed by atoms with Gasteiger partial charge in [0.2, 0.25) is 5.91 Å². The van der Waals surface area contributed by atoms with Crippen molar-refractivity contribution in [1.82, 2.24) is 10.2 Å². The summed E-state index contributed by atoms with van der Waals surface area (Å²) in [5.41, 5.74) is 0.397. The van der Waals surface area contributed by atoms with E-state index in [9.17, 15) is 9.59 Å². The third kappa shape index (κ3) is 5.15. The standard InChI is InChI=1S/C18H22N2O4/c1-14(19-17(21)15-9-12-23-13-15)18(22)20(2)10-6-11-24-16-7-4-3-5-8-16/h3-5,7-9,12-14H,6,10-11H2,1-2H3,(H,19,21). The molecule has 2 aromatic rings. The fourth-order valence-corrected chi connectivity index (χ4v) is 2.18. The predicted molar refractivity (Wildman–Crippen MR) is 89.8 cm³/mol. The molecule has 1 N–H and O–H groups in total. The minimum absolute atomic E-state index is 0.147. The van der Waals surface area contributed by atoms with Gasteiger partial charge >= 0.3 is 0 Å². The summed E-state index contributed by atoms with van der Waals surface area (Å²) in [4.78, 5) is 25.7. The number of benzene rings is 1. The molecule has 1 aromatic heterocycles. The van der Waals surface area contributed by atoms with Crippen LogP contribution in [0.3, 0.4) is 0 Å². The molecule has 1 unspecified atom stereocenters. The third-order valence-electron chi connectivity index (χ3n) is 3.53. The minimum Gasteiger partial charge on any atom is -0.494 e. The Bertz CT molecular complexity index is 640. The molecule has 1 aromatic carbocycles. The fraction of sp³-hybridized carbons (Fsp3) is 0.333. The second-order valence-corrected chi connectivity index (χ2v) is 5.48. The van der Waals surface area contributed by atoms with Crippen molar-refractivity contribution in [2.75, 3.05) is 20.2 Å². The average molecular weight is 330 g/mol. The summed E-state index contributed by atoms with van der Waals surface area (Å²) in [6, 6.07) is 10.5. The van der Waals surface area contributed by atoms with E-state index in [1.54, 1.807) is 24.9 Å². The third-order valence-corrected chi connectivity index (χ3v) is 3.53. The Morgan fingerprint density at radius 3 is 2.67 bits per heavy atom. The maximum atomic E-state index is 12.3. The van der Waals surface area contributed by atoms with Crippen LogP contribution in [0.2, 0.25) is 0 Å². The van der Waals surface area contributed by atoms with Gasteiger partial charge < -0.3 is 19.4 Å². The number of carbonyl (C=O) groups excluding carboxylic acids is 2. The van der Waals surface area contributed by atoms with Gasteiger partial charge in [-0.15, -0.1) is 0 Å². The number of rotatable bonds is 8. The van der Waals surface area contributed by atoms with Crippen molar-refractivity contribution in [1.29, 1.82) is 0 Å². The molecular weight excluding hydrogens is 308 g/mol. The van der Waals surface area contributed by atoms with E-state index >= 15 is 0 Å². The van der Waals surface area contributed by atoms with Crippen molar-refractivity contribution in [3.8, 4) is 5.75 Å². The van der Waals surface area contributed by atoms with Gasteiger partial charge in [0.15, 0.2) is 0 Å². The molecule has 0 saturated carbocycles. The lowest BCUT2D eigenvalue weighted by atomic mass is 10.2. The van der Waals surface area contributed by atoms with Gasteiger partial charge in [0.05, 0.1) is 18.4 Å². The number of ether oxygens (including phenoxy) is 1. The Kier molecular flexibility index (Phi) is 6.42. The minimum atomic E-state index is -0.604. The van der Waals surface area contributed by atoms with Crippen LogP contribution in [0.15, 0.2) is 53.3 Å². The first kappa shape index (κ1) is 17.6. The average Bonchev–Trinajstić information content (AvgIpc) is 3.13. The number of furan rings is 1. The summed E-state index contributed by atoms with van der Waals surface area (Å²) in [6.45, 7) is 2.74. The Hall–Kier alpha value is -2.76. The van der Waals surface area contributed by atoms with Crippen LogP contribution in [-0.2, 0) is 4.79 Å². The summed E-state index contributed by atoms with van der Waals surface area (Å²) in [7, 11) is 1.71. The Balaban J connectivity index is 1.70. The van der Waals surface area contributed by atoms with Gasteiger partial charge in [0.1, 0.15) is 18.1 Å². The van der Waals surface area contributed by atoms with Crippen molar-refractivity contribution >= 4 is 11.8 Å². The highest BCUT2D eigenvalue weighted by Crippen LogP contribution is 2.08. The molecule has 0 fully saturated rings. The van der Waals surface area contributed by atoms with Gasteiger partial charge in [-0.25, -0.2) is 0 Å². The molecular formula is C18H22N2O4. The summed E-state index contributed by atoms with van der Waals surface area (Å²) in [6.07, 6.45) is 3.47. The Morgan fingerprint density at radius 2 is 2.00 bits per heavy atom. The van der Waals surface area contributed by atoms with Crippen LogP contribution >= 0.6 is 0 Å². The fourth-order valence-electron chi connectivity index (χ4n) is 2.18. The summed E-state index contributed by atoms with van der Waals surface area (Å²) in [5.74, 6) is 0.337. The zero-order chi connectivity index (χ0) is 17.4. The second-order valence-electron chi connectivity index (χ2n) is 5.48. The molecule has 6 heteroatoms. The van der Waals surface area contributed by atoms with Gasteiger partial charge in [-0.2, -0.15) is 0 Å². The van der Waals surface area contributed by atoms with E-state index < -0.39 is 6.04 Å². The summed E-state index contributed by atoms with van der Waals surface area (Å²) < 4.78 is 10.4. The van der Waals surface area contributed by atoms with Crippen molar-refractivity contribution in [2.24, 2.45) is 0 Å². The highest BCUT2D eigenvalue weighted by atomic mass is 16.5. The van der Waals surface area contributed by atoms with Gasteiger partial charge in [0.25, 0.3) is 5.91 Å². The normalized spacial score (nSPS) is 11.6. The monoisotopic (exact) mass is 330 g/mol. The number of likely N-dealkylation sites (N-methyl/N-ethyl adjacent to an activating group) is 1. The number of nitrogens with zero attached hydrogens (tertiary/aromatic N) is 1. The molecule has 128 valence electrons. The lowest BCUT2D eigenvalue weighted by molar-refractivity contribution is -0.131. The van der Waals surface area contributed by atoms with Gasteiger partial charge in [-0.05, 0) is 31.5 Å². The van der Waals surface area contributed by atoms with E-state index in [2.05, 4.69) is 5.32 Å². The molecule has 0 aliphatic heterocycles. The maximum absolute atomic E-state index is 12.3. The highest BCUT2D eigenvalue weighted by Gasteiger charge is 2.20. The number of nitrogens with one attached hydrogen (secondary N) is 1. The smallest absolute Gasteiger partial charge is 0.255 e. The van der Waals surface area contributed by atoms with Gasteiger partial charge in [-0.1, -0.05) is 18.2 Å². The number of hydrogen-bond acceptors (Lipinski definition) is 4. The lowest BCUT2D eigenvalue weighted by Gasteiger charge is -2.22.